The predicted octanol–water partition coefficient (Wildman–Crippen LogP) is 3.14. The van der Waals surface area contributed by atoms with E-state index in [1.807, 2.05) is 0 Å². The summed E-state index contributed by atoms with van der Waals surface area (Å²) in [6.07, 6.45) is 6.90. The molecule has 5 N–H and O–H groups in total. The second-order valence-electron chi connectivity index (χ2n) is 7.03. The van der Waals surface area contributed by atoms with Gasteiger partial charge in [-0.3, -0.25) is 14.4 Å². The number of carboxylic acid groups (broad SMARTS) is 3. The number of unbranched alkanes of at least 4 members (excludes halogenated alkanes) is 5. The highest BCUT2D eigenvalue weighted by atomic mass is 16.4. The molecule has 8 heteroatoms. The second-order valence-corrected chi connectivity index (χ2v) is 7.03. The molecule has 0 aromatic rings. The van der Waals surface area contributed by atoms with E-state index in [1.165, 1.54) is 19.3 Å². The molecule has 0 unspecified atom stereocenters. The minimum atomic E-state index is -0.870. The van der Waals surface area contributed by atoms with Crippen molar-refractivity contribution < 1.29 is 39.9 Å². The normalized spacial score (nSPS) is 10.1. The van der Waals surface area contributed by atoms with Crippen LogP contribution in [0.25, 0.3) is 0 Å². The third-order valence-corrected chi connectivity index (χ3v) is 3.38. The SMILES string of the molecule is CC(C)(CO)CO.CCCCCCCC(=O)O.O=C(O)CCCCC(=O)O. The average Bonchev–Trinajstić information content (AvgIpc) is 2.59. The molecule has 0 aliphatic heterocycles. The van der Waals surface area contributed by atoms with Crippen molar-refractivity contribution in [1.82, 2.24) is 0 Å². The number of hydrogen-bond acceptors (Lipinski definition) is 5. The molecule has 0 aromatic carbocycles. The molecule has 0 fully saturated rings. The topological polar surface area (TPSA) is 152 Å². The fourth-order valence-electron chi connectivity index (χ4n) is 1.48. The minimum Gasteiger partial charge on any atom is -0.481 e. The maximum atomic E-state index is 10.0. The molecule has 0 saturated heterocycles. The van der Waals surface area contributed by atoms with Crippen LogP contribution in [0.3, 0.4) is 0 Å². The molecular weight excluding hydrogens is 356 g/mol. The molecule has 0 aromatic heterocycles. The van der Waals surface area contributed by atoms with Crippen molar-refractivity contribution in [3.63, 3.8) is 0 Å². The molecule has 0 aliphatic rings. The average molecular weight is 395 g/mol. The molecule has 0 bridgehead atoms. The number of carboxylic acids is 3. The number of aliphatic hydroxyl groups excluding tert-OH is 2. The lowest BCUT2D eigenvalue weighted by atomic mass is 9.97. The Morgan fingerprint density at radius 1 is 0.630 bits per heavy atom. The quantitative estimate of drug-likeness (QED) is 0.299. The van der Waals surface area contributed by atoms with Gasteiger partial charge in [0.2, 0.25) is 0 Å². The Balaban J connectivity index is -0.000000326. The smallest absolute Gasteiger partial charge is 0.303 e. The Morgan fingerprint density at radius 2 is 0.926 bits per heavy atom. The molecule has 0 aliphatic carbocycles. The van der Waals surface area contributed by atoms with Crippen LogP contribution in [0.1, 0.15) is 85.0 Å². The highest BCUT2D eigenvalue weighted by molar-refractivity contribution is 5.68. The first-order valence-electron chi connectivity index (χ1n) is 9.39. The predicted molar refractivity (Wildman–Crippen MR) is 103 cm³/mol. The highest BCUT2D eigenvalue weighted by Crippen LogP contribution is 2.10. The number of aliphatic hydroxyl groups is 2. The first-order chi connectivity index (χ1) is 12.5. The summed E-state index contributed by atoms with van der Waals surface area (Å²) < 4.78 is 0. The molecule has 0 atom stereocenters. The van der Waals surface area contributed by atoms with Gasteiger partial charge in [0.05, 0.1) is 13.2 Å². The Labute approximate surface area is 162 Å². The van der Waals surface area contributed by atoms with Gasteiger partial charge in [-0.1, -0.05) is 46.5 Å². The minimum absolute atomic E-state index is 0.0451. The van der Waals surface area contributed by atoms with Crippen LogP contribution in [-0.4, -0.2) is 56.7 Å². The van der Waals surface area contributed by atoms with Crippen LogP contribution in [0.15, 0.2) is 0 Å². The molecule has 8 nitrogen and oxygen atoms in total. The van der Waals surface area contributed by atoms with Gasteiger partial charge in [-0.25, -0.2) is 0 Å². The number of hydrogen-bond donors (Lipinski definition) is 5. The van der Waals surface area contributed by atoms with Crippen LogP contribution >= 0.6 is 0 Å². The lowest BCUT2D eigenvalue weighted by Gasteiger charge is -2.16. The van der Waals surface area contributed by atoms with Crippen LogP contribution in [-0.2, 0) is 14.4 Å². The lowest BCUT2D eigenvalue weighted by Crippen LogP contribution is -2.20. The molecule has 0 spiro atoms. The zero-order valence-corrected chi connectivity index (χ0v) is 16.9. The largest absolute Gasteiger partial charge is 0.481 e. The van der Waals surface area contributed by atoms with E-state index in [0.717, 1.165) is 12.8 Å². The van der Waals surface area contributed by atoms with Crippen molar-refractivity contribution in [3.8, 4) is 0 Å². The number of aliphatic carboxylic acids is 3. The van der Waals surface area contributed by atoms with Crippen molar-refractivity contribution >= 4 is 17.9 Å². The van der Waals surface area contributed by atoms with E-state index in [1.54, 1.807) is 13.8 Å². The van der Waals surface area contributed by atoms with Gasteiger partial charge in [0.1, 0.15) is 0 Å². The van der Waals surface area contributed by atoms with Gasteiger partial charge in [0.25, 0.3) is 0 Å². The van der Waals surface area contributed by atoms with Crippen LogP contribution in [0.2, 0.25) is 0 Å². The third-order valence-electron chi connectivity index (χ3n) is 3.38. The summed E-state index contributed by atoms with van der Waals surface area (Å²) in [6, 6.07) is 0. The standard InChI is InChI=1S/C8H16O2.C6H10O4.C5H12O2/c1-2-3-4-5-6-7-8(9)10;7-5(8)3-1-2-4-6(9)10;1-5(2,3-6)4-7/h2-7H2,1H3,(H,9,10);1-4H2,(H,7,8)(H,9,10);6-7H,3-4H2,1-2H3. The third kappa shape index (κ3) is 36.1. The Kier molecular flexibility index (Phi) is 23.0. The summed E-state index contributed by atoms with van der Waals surface area (Å²) in [6.45, 7) is 5.84. The van der Waals surface area contributed by atoms with E-state index in [-0.39, 0.29) is 31.5 Å². The molecule has 0 amide bonds. The van der Waals surface area contributed by atoms with E-state index in [4.69, 9.17) is 25.5 Å². The molecule has 0 radical (unpaired) electrons. The first-order valence-corrected chi connectivity index (χ1v) is 9.39. The van der Waals surface area contributed by atoms with Gasteiger partial charge in [-0.05, 0) is 19.3 Å². The van der Waals surface area contributed by atoms with Crippen LogP contribution < -0.4 is 0 Å². The van der Waals surface area contributed by atoms with Crippen LogP contribution in [0, 0.1) is 5.41 Å². The van der Waals surface area contributed by atoms with Gasteiger partial charge in [-0.2, -0.15) is 0 Å². The van der Waals surface area contributed by atoms with Crippen molar-refractivity contribution in [1.29, 1.82) is 0 Å². The maximum Gasteiger partial charge on any atom is 0.303 e. The zero-order chi connectivity index (χ0) is 21.7. The zero-order valence-electron chi connectivity index (χ0n) is 16.9. The van der Waals surface area contributed by atoms with E-state index in [9.17, 15) is 14.4 Å². The summed E-state index contributed by atoms with van der Waals surface area (Å²) >= 11 is 0. The molecule has 162 valence electrons. The summed E-state index contributed by atoms with van der Waals surface area (Å²) in [7, 11) is 0. The van der Waals surface area contributed by atoms with Gasteiger partial charge >= 0.3 is 17.9 Å². The van der Waals surface area contributed by atoms with E-state index in [0.29, 0.717) is 19.3 Å². The van der Waals surface area contributed by atoms with E-state index in [2.05, 4.69) is 6.92 Å². The number of rotatable bonds is 13. The molecule has 27 heavy (non-hydrogen) atoms. The summed E-state index contributed by atoms with van der Waals surface area (Å²) in [5.41, 5.74) is -0.306. The van der Waals surface area contributed by atoms with Gasteiger partial charge in [0.15, 0.2) is 0 Å². The van der Waals surface area contributed by atoms with E-state index < -0.39 is 17.9 Å². The summed E-state index contributed by atoms with van der Waals surface area (Å²) in [5.74, 6) is -2.41. The second kappa shape index (κ2) is 20.6. The highest BCUT2D eigenvalue weighted by Gasteiger charge is 2.13. The summed E-state index contributed by atoms with van der Waals surface area (Å²) in [5, 5.41) is 41.4. The number of carbonyl (C=O) groups is 3. The van der Waals surface area contributed by atoms with Crippen LogP contribution in [0.5, 0.6) is 0 Å². The lowest BCUT2D eigenvalue weighted by molar-refractivity contribution is -0.139. The Bertz CT molecular complexity index is 358. The van der Waals surface area contributed by atoms with E-state index >= 15 is 0 Å². The first kappa shape index (κ1) is 30.1. The Hall–Kier alpha value is -1.67. The van der Waals surface area contributed by atoms with Crippen molar-refractivity contribution in [2.75, 3.05) is 13.2 Å². The fraction of sp³-hybridized carbons (Fsp3) is 0.842. The molecule has 0 saturated carbocycles. The van der Waals surface area contributed by atoms with Gasteiger partial charge in [0, 0.05) is 24.7 Å². The fourth-order valence-corrected chi connectivity index (χ4v) is 1.48. The monoisotopic (exact) mass is 394 g/mol. The Morgan fingerprint density at radius 3 is 1.15 bits per heavy atom. The maximum absolute atomic E-state index is 10.0. The van der Waals surface area contributed by atoms with Gasteiger partial charge in [-0.15, -0.1) is 0 Å². The van der Waals surface area contributed by atoms with Crippen molar-refractivity contribution in [2.45, 2.75) is 85.0 Å². The van der Waals surface area contributed by atoms with Crippen LogP contribution in [0.4, 0.5) is 0 Å². The van der Waals surface area contributed by atoms with Crippen molar-refractivity contribution in [3.05, 3.63) is 0 Å². The summed E-state index contributed by atoms with van der Waals surface area (Å²) in [4.78, 5) is 29.8. The van der Waals surface area contributed by atoms with Crippen molar-refractivity contribution in [2.24, 2.45) is 5.41 Å². The van der Waals surface area contributed by atoms with Gasteiger partial charge < -0.3 is 25.5 Å². The molecule has 0 rings (SSSR count). The molecule has 0 heterocycles. The molecular formula is C19H38O8.